The molecular weight excluding hydrogens is 320 g/mol. The molecular formula is C20H34O5. The fourth-order valence-electron chi connectivity index (χ4n) is 3.51. The maximum Gasteiger partial charge on any atom is 0.303 e. The molecule has 1 saturated carbocycles. The summed E-state index contributed by atoms with van der Waals surface area (Å²) < 4.78 is 0. The van der Waals surface area contributed by atoms with Gasteiger partial charge in [-0.05, 0) is 38.5 Å². The Labute approximate surface area is 151 Å². The monoisotopic (exact) mass is 354 g/mol. The fraction of sp³-hybridized carbons (Fsp3) is 0.750. The number of unbranched alkanes of at least 4 members (excludes halogenated alkanes) is 4. The van der Waals surface area contributed by atoms with Crippen molar-refractivity contribution >= 4 is 5.97 Å². The largest absolute Gasteiger partial charge is 0.481 e. The summed E-state index contributed by atoms with van der Waals surface area (Å²) in [6, 6.07) is 0. The minimum atomic E-state index is -1.12. The molecule has 5 nitrogen and oxygen atoms in total. The Morgan fingerprint density at radius 1 is 1.20 bits per heavy atom. The summed E-state index contributed by atoms with van der Waals surface area (Å²) in [6.07, 6.45) is 12.8. The highest BCUT2D eigenvalue weighted by Gasteiger charge is 2.47. The lowest BCUT2D eigenvalue weighted by molar-refractivity contribution is -0.137. The molecule has 0 aromatic carbocycles. The van der Waals surface area contributed by atoms with Crippen LogP contribution in [0.2, 0.25) is 0 Å². The molecule has 1 aliphatic carbocycles. The summed E-state index contributed by atoms with van der Waals surface area (Å²) in [4.78, 5) is 10.5. The number of hydrogen-bond acceptors (Lipinski definition) is 4. The van der Waals surface area contributed by atoms with Crippen molar-refractivity contribution in [1.29, 1.82) is 0 Å². The Balaban J connectivity index is 2.50. The van der Waals surface area contributed by atoms with Crippen LogP contribution >= 0.6 is 0 Å². The number of hydrogen-bond donors (Lipinski definition) is 4. The third kappa shape index (κ3) is 8.17. The number of carboxylic acid groups (broad SMARTS) is 1. The van der Waals surface area contributed by atoms with Crippen LogP contribution in [0.15, 0.2) is 24.3 Å². The lowest BCUT2D eigenvalue weighted by atomic mass is 9.83. The fourth-order valence-corrected chi connectivity index (χ4v) is 3.51. The summed E-state index contributed by atoms with van der Waals surface area (Å²) in [5, 5.41) is 39.8. The van der Waals surface area contributed by atoms with E-state index in [-0.39, 0.29) is 18.8 Å². The summed E-state index contributed by atoms with van der Waals surface area (Å²) in [5.41, 5.74) is -1.12. The minimum absolute atomic E-state index is 0.136. The van der Waals surface area contributed by atoms with Crippen molar-refractivity contribution in [3.8, 4) is 0 Å². The van der Waals surface area contributed by atoms with Gasteiger partial charge in [-0.1, -0.05) is 44.1 Å². The minimum Gasteiger partial charge on any atom is -0.481 e. The first kappa shape index (κ1) is 21.9. The summed E-state index contributed by atoms with van der Waals surface area (Å²) in [7, 11) is 0. The average molecular weight is 354 g/mol. The van der Waals surface area contributed by atoms with Gasteiger partial charge in [0.15, 0.2) is 0 Å². The van der Waals surface area contributed by atoms with E-state index in [1.165, 1.54) is 6.42 Å². The van der Waals surface area contributed by atoms with E-state index in [4.69, 9.17) is 5.11 Å². The Morgan fingerprint density at radius 3 is 2.60 bits per heavy atom. The van der Waals surface area contributed by atoms with E-state index in [0.717, 1.165) is 19.3 Å². The predicted molar refractivity (Wildman–Crippen MR) is 98.2 cm³/mol. The zero-order chi connectivity index (χ0) is 18.7. The van der Waals surface area contributed by atoms with Crippen molar-refractivity contribution in [3.63, 3.8) is 0 Å². The molecule has 0 bridgehead atoms. The SMILES string of the molecule is CCCCCC=CC(O)[C@@H]1C[C@H](O)C[C@]1(O)CC=CCCCC(=O)O. The van der Waals surface area contributed by atoms with Crippen LogP contribution in [0.5, 0.6) is 0 Å². The third-order valence-electron chi connectivity index (χ3n) is 4.92. The van der Waals surface area contributed by atoms with Crippen molar-refractivity contribution in [1.82, 2.24) is 0 Å². The van der Waals surface area contributed by atoms with Crippen molar-refractivity contribution in [3.05, 3.63) is 24.3 Å². The Morgan fingerprint density at radius 2 is 1.92 bits per heavy atom. The normalized spacial score (nSPS) is 28.2. The molecule has 0 radical (unpaired) electrons. The van der Waals surface area contributed by atoms with Crippen LogP contribution in [0.1, 0.15) is 71.1 Å². The van der Waals surface area contributed by atoms with Crippen molar-refractivity contribution in [2.75, 3.05) is 0 Å². The third-order valence-corrected chi connectivity index (χ3v) is 4.92. The smallest absolute Gasteiger partial charge is 0.303 e. The van der Waals surface area contributed by atoms with Crippen molar-refractivity contribution < 1.29 is 25.2 Å². The summed E-state index contributed by atoms with van der Waals surface area (Å²) in [5.74, 6) is -1.19. The van der Waals surface area contributed by atoms with Crippen LogP contribution in [0, 0.1) is 5.92 Å². The average Bonchev–Trinajstić information content (AvgIpc) is 2.85. The van der Waals surface area contributed by atoms with E-state index >= 15 is 0 Å². The Bertz CT molecular complexity index is 445. The number of carbonyl (C=O) groups is 1. The highest BCUT2D eigenvalue weighted by atomic mass is 16.4. The van der Waals surface area contributed by atoms with Crippen LogP contribution in [0.4, 0.5) is 0 Å². The lowest BCUT2D eigenvalue weighted by Gasteiger charge is -2.31. The molecule has 0 aromatic rings. The molecule has 0 amide bonds. The number of aliphatic hydroxyl groups is 3. The molecule has 5 heteroatoms. The molecule has 1 rings (SSSR count). The molecule has 4 N–H and O–H groups in total. The second-order valence-corrected chi connectivity index (χ2v) is 7.18. The van der Waals surface area contributed by atoms with Gasteiger partial charge in [-0.25, -0.2) is 0 Å². The van der Waals surface area contributed by atoms with Gasteiger partial charge in [-0.2, -0.15) is 0 Å². The molecule has 1 aliphatic rings. The van der Waals surface area contributed by atoms with Gasteiger partial charge in [0, 0.05) is 18.8 Å². The van der Waals surface area contributed by atoms with E-state index in [2.05, 4.69) is 6.92 Å². The molecule has 0 spiro atoms. The number of rotatable bonds is 12. The lowest BCUT2D eigenvalue weighted by Crippen LogP contribution is -2.39. The van der Waals surface area contributed by atoms with Crippen LogP contribution in [-0.4, -0.2) is 44.2 Å². The first-order chi connectivity index (χ1) is 11.9. The highest BCUT2D eigenvalue weighted by Crippen LogP contribution is 2.41. The molecule has 1 unspecified atom stereocenters. The summed E-state index contributed by atoms with van der Waals surface area (Å²) >= 11 is 0. The van der Waals surface area contributed by atoms with Crippen molar-refractivity contribution in [2.45, 2.75) is 88.9 Å². The highest BCUT2D eigenvalue weighted by molar-refractivity contribution is 5.66. The topological polar surface area (TPSA) is 98.0 Å². The van der Waals surface area contributed by atoms with Gasteiger partial charge < -0.3 is 20.4 Å². The van der Waals surface area contributed by atoms with E-state index in [9.17, 15) is 20.1 Å². The van der Waals surface area contributed by atoms with Crippen molar-refractivity contribution in [2.24, 2.45) is 5.92 Å². The molecule has 4 atom stereocenters. The van der Waals surface area contributed by atoms with E-state index in [0.29, 0.717) is 25.7 Å². The maximum atomic E-state index is 10.9. The second kappa shape index (κ2) is 11.4. The molecule has 0 heterocycles. The second-order valence-electron chi connectivity index (χ2n) is 7.18. The molecule has 1 fully saturated rings. The van der Waals surface area contributed by atoms with Gasteiger partial charge in [0.25, 0.3) is 0 Å². The number of allylic oxidation sites excluding steroid dienone is 2. The van der Waals surface area contributed by atoms with E-state index in [1.807, 2.05) is 18.2 Å². The maximum absolute atomic E-state index is 10.9. The number of aliphatic hydroxyl groups excluding tert-OH is 2. The first-order valence-corrected chi connectivity index (χ1v) is 9.51. The first-order valence-electron chi connectivity index (χ1n) is 9.51. The predicted octanol–water partition coefficient (Wildman–Crippen LogP) is 3.19. The van der Waals surface area contributed by atoms with Gasteiger partial charge in [-0.15, -0.1) is 0 Å². The number of aliphatic carboxylic acids is 1. The van der Waals surface area contributed by atoms with Gasteiger partial charge in [0.05, 0.1) is 17.8 Å². The van der Waals surface area contributed by atoms with E-state index < -0.39 is 23.8 Å². The zero-order valence-electron chi connectivity index (χ0n) is 15.3. The van der Waals surface area contributed by atoms with Crippen LogP contribution in [0.3, 0.4) is 0 Å². The molecule has 144 valence electrons. The van der Waals surface area contributed by atoms with Gasteiger partial charge in [-0.3, -0.25) is 4.79 Å². The zero-order valence-corrected chi connectivity index (χ0v) is 15.3. The van der Waals surface area contributed by atoms with Gasteiger partial charge >= 0.3 is 5.97 Å². The quantitative estimate of drug-likeness (QED) is 0.319. The van der Waals surface area contributed by atoms with Gasteiger partial charge in [0.2, 0.25) is 0 Å². The van der Waals surface area contributed by atoms with Gasteiger partial charge in [0.1, 0.15) is 0 Å². The number of carboxylic acids is 1. The Hall–Kier alpha value is -1.17. The molecule has 25 heavy (non-hydrogen) atoms. The van der Waals surface area contributed by atoms with Crippen LogP contribution in [0.25, 0.3) is 0 Å². The Kier molecular flexibility index (Phi) is 10.0. The van der Waals surface area contributed by atoms with Crippen LogP contribution in [-0.2, 0) is 4.79 Å². The van der Waals surface area contributed by atoms with Crippen LogP contribution < -0.4 is 0 Å². The molecule has 0 aromatic heterocycles. The van der Waals surface area contributed by atoms with E-state index in [1.54, 1.807) is 6.08 Å². The molecule has 0 saturated heterocycles. The summed E-state index contributed by atoms with van der Waals surface area (Å²) in [6.45, 7) is 2.15. The molecule has 0 aliphatic heterocycles. The standard InChI is InChI=1S/C20H34O5/c1-2-3-4-5-8-11-18(22)17-14-16(21)15-20(17,25)13-10-7-6-9-12-19(23)24/h7-8,10-11,16-18,21-22,25H,2-6,9,12-15H2,1H3,(H,23,24)/t16-,17-,18?,20+/m0/s1.